The molecule has 0 amide bonds. The quantitative estimate of drug-likeness (QED) is 0.858. The zero-order chi connectivity index (χ0) is 12.1. The van der Waals surface area contributed by atoms with E-state index in [0.717, 1.165) is 18.7 Å². The number of nitrogens with one attached hydrogen (secondary N) is 1. The standard InChI is InChI=1S/C14H18N2O/c1-3-16-14(13-6-9-17-11(13)2)10-12-4-7-15-8-5-12/h4-9,14,16H,3,10H2,1-2H3. The summed E-state index contributed by atoms with van der Waals surface area (Å²) in [5.74, 6) is 0.991. The lowest BCUT2D eigenvalue weighted by atomic mass is 10.00. The number of rotatable bonds is 5. The second kappa shape index (κ2) is 5.64. The smallest absolute Gasteiger partial charge is 0.105 e. The zero-order valence-corrected chi connectivity index (χ0v) is 10.3. The number of hydrogen-bond donors (Lipinski definition) is 1. The van der Waals surface area contributed by atoms with Crippen molar-refractivity contribution in [2.24, 2.45) is 0 Å². The molecule has 2 rings (SSSR count). The molecule has 0 bridgehead atoms. The fourth-order valence-electron chi connectivity index (χ4n) is 2.05. The molecule has 90 valence electrons. The Morgan fingerprint density at radius 3 is 2.65 bits per heavy atom. The molecule has 0 aliphatic carbocycles. The molecule has 3 heteroatoms. The molecular formula is C14H18N2O. The average molecular weight is 230 g/mol. The Bertz CT molecular complexity index is 450. The van der Waals surface area contributed by atoms with Crippen LogP contribution in [-0.2, 0) is 6.42 Å². The van der Waals surface area contributed by atoms with Crippen molar-refractivity contribution >= 4 is 0 Å². The maximum absolute atomic E-state index is 5.38. The van der Waals surface area contributed by atoms with Gasteiger partial charge in [0.05, 0.1) is 6.26 Å². The van der Waals surface area contributed by atoms with Gasteiger partial charge >= 0.3 is 0 Å². The lowest BCUT2D eigenvalue weighted by molar-refractivity contribution is 0.501. The van der Waals surface area contributed by atoms with Crippen LogP contribution in [0.1, 0.15) is 29.9 Å². The fraction of sp³-hybridized carbons (Fsp3) is 0.357. The van der Waals surface area contributed by atoms with Crippen LogP contribution in [-0.4, -0.2) is 11.5 Å². The Morgan fingerprint density at radius 2 is 2.06 bits per heavy atom. The predicted molar refractivity (Wildman–Crippen MR) is 67.8 cm³/mol. The van der Waals surface area contributed by atoms with Gasteiger partial charge in [-0.1, -0.05) is 6.92 Å². The molecule has 0 aliphatic heterocycles. The molecule has 1 atom stereocenters. The van der Waals surface area contributed by atoms with E-state index in [4.69, 9.17) is 4.42 Å². The van der Waals surface area contributed by atoms with Gasteiger partial charge in [0.2, 0.25) is 0 Å². The van der Waals surface area contributed by atoms with Crippen LogP contribution in [0.4, 0.5) is 0 Å². The third kappa shape index (κ3) is 2.94. The van der Waals surface area contributed by atoms with Crippen molar-refractivity contribution in [1.29, 1.82) is 0 Å². The van der Waals surface area contributed by atoms with Gasteiger partial charge in [0, 0.05) is 24.0 Å². The maximum Gasteiger partial charge on any atom is 0.105 e. The Kier molecular flexibility index (Phi) is 3.94. The summed E-state index contributed by atoms with van der Waals surface area (Å²) in [6.07, 6.45) is 6.37. The monoisotopic (exact) mass is 230 g/mol. The Labute approximate surface area is 102 Å². The summed E-state index contributed by atoms with van der Waals surface area (Å²) in [5, 5.41) is 3.49. The third-order valence-electron chi connectivity index (χ3n) is 2.91. The topological polar surface area (TPSA) is 38.1 Å². The first-order valence-electron chi connectivity index (χ1n) is 5.97. The number of hydrogen-bond acceptors (Lipinski definition) is 3. The molecule has 2 aromatic rings. The minimum absolute atomic E-state index is 0.307. The first kappa shape index (κ1) is 11.9. The van der Waals surface area contributed by atoms with Gasteiger partial charge in [-0.3, -0.25) is 4.98 Å². The summed E-state index contributed by atoms with van der Waals surface area (Å²) in [6, 6.07) is 6.46. The van der Waals surface area contributed by atoms with E-state index in [-0.39, 0.29) is 0 Å². The summed E-state index contributed by atoms with van der Waals surface area (Å²) in [7, 11) is 0. The van der Waals surface area contributed by atoms with E-state index in [2.05, 4.69) is 29.4 Å². The SMILES string of the molecule is CCNC(Cc1ccncc1)c1ccoc1C. The highest BCUT2D eigenvalue weighted by Crippen LogP contribution is 2.22. The van der Waals surface area contributed by atoms with Crippen LogP contribution in [0.25, 0.3) is 0 Å². The summed E-state index contributed by atoms with van der Waals surface area (Å²) in [6.45, 7) is 5.07. The van der Waals surface area contributed by atoms with E-state index in [1.54, 1.807) is 6.26 Å². The van der Waals surface area contributed by atoms with E-state index in [1.165, 1.54) is 11.1 Å². The Hall–Kier alpha value is -1.61. The molecule has 2 heterocycles. The van der Waals surface area contributed by atoms with Crippen molar-refractivity contribution in [1.82, 2.24) is 10.3 Å². The van der Waals surface area contributed by atoms with Gasteiger partial charge in [-0.25, -0.2) is 0 Å². The van der Waals surface area contributed by atoms with Crippen molar-refractivity contribution in [3.63, 3.8) is 0 Å². The summed E-state index contributed by atoms with van der Waals surface area (Å²) in [5.41, 5.74) is 2.52. The van der Waals surface area contributed by atoms with Crippen LogP contribution in [0, 0.1) is 6.92 Å². The first-order valence-corrected chi connectivity index (χ1v) is 5.97. The van der Waals surface area contributed by atoms with Crippen molar-refractivity contribution in [2.75, 3.05) is 6.54 Å². The number of likely N-dealkylation sites (N-methyl/N-ethyl adjacent to an activating group) is 1. The molecule has 2 aromatic heterocycles. The average Bonchev–Trinajstić information content (AvgIpc) is 2.76. The lowest BCUT2D eigenvalue weighted by Gasteiger charge is -2.17. The van der Waals surface area contributed by atoms with Crippen molar-refractivity contribution in [3.05, 3.63) is 53.7 Å². The number of pyridine rings is 1. The number of aromatic nitrogens is 1. The van der Waals surface area contributed by atoms with Crippen LogP contribution in [0.15, 0.2) is 41.3 Å². The molecule has 0 aromatic carbocycles. The number of aryl methyl sites for hydroxylation is 1. The van der Waals surface area contributed by atoms with Crippen molar-refractivity contribution < 1.29 is 4.42 Å². The van der Waals surface area contributed by atoms with Crippen LogP contribution in [0.5, 0.6) is 0 Å². The lowest BCUT2D eigenvalue weighted by Crippen LogP contribution is -2.23. The molecule has 0 fully saturated rings. The van der Waals surface area contributed by atoms with Crippen LogP contribution in [0.2, 0.25) is 0 Å². The normalized spacial score (nSPS) is 12.6. The minimum atomic E-state index is 0.307. The van der Waals surface area contributed by atoms with Gasteiger partial charge in [-0.2, -0.15) is 0 Å². The summed E-state index contributed by atoms with van der Waals surface area (Å²) >= 11 is 0. The number of nitrogens with zero attached hydrogens (tertiary/aromatic N) is 1. The Balaban J connectivity index is 2.16. The van der Waals surface area contributed by atoms with Crippen LogP contribution < -0.4 is 5.32 Å². The van der Waals surface area contributed by atoms with Crippen LogP contribution in [0.3, 0.4) is 0 Å². The molecule has 0 radical (unpaired) electrons. The van der Waals surface area contributed by atoms with E-state index < -0.39 is 0 Å². The van der Waals surface area contributed by atoms with Gasteiger partial charge in [0.25, 0.3) is 0 Å². The molecule has 0 spiro atoms. The zero-order valence-electron chi connectivity index (χ0n) is 10.3. The van der Waals surface area contributed by atoms with Crippen molar-refractivity contribution in [3.8, 4) is 0 Å². The largest absolute Gasteiger partial charge is 0.469 e. The highest BCUT2D eigenvalue weighted by Gasteiger charge is 2.15. The molecule has 1 unspecified atom stereocenters. The number of furan rings is 1. The van der Waals surface area contributed by atoms with Gasteiger partial charge < -0.3 is 9.73 Å². The molecular weight excluding hydrogens is 212 g/mol. The second-order valence-electron chi connectivity index (χ2n) is 4.10. The maximum atomic E-state index is 5.38. The third-order valence-corrected chi connectivity index (χ3v) is 2.91. The first-order chi connectivity index (χ1) is 8.31. The minimum Gasteiger partial charge on any atom is -0.469 e. The van der Waals surface area contributed by atoms with E-state index >= 15 is 0 Å². The predicted octanol–water partition coefficient (Wildman–Crippen LogP) is 2.88. The highest BCUT2D eigenvalue weighted by atomic mass is 16.3. The molecule has 0 aliphatic rings. The molecule has 0 saturated heterocycles. The van der Waals surface area contributed by atoms with Gasteiger partial charge in [-0.05, 0) is 43.7 Å². The van der Waals surface area contributed by atoms with Crippen molar-refractivity contribution in [2.45, 2.75) is 26.3 Å². The van der Waals surface area contributed by atoms with E-state index in [0.29, 0.717) is 6.04 Å². The second-order valence-corrected chi connectivity index (χ2v) is 4.10. The highest BCUT2D eigenvalue weighted by molar-refractivity contribution is 5.23. The van der Waals surface area contributed by atoms with Gasteiger partial charge in [0.1, 0.15) is 5.76 Å². The van der Waals surface area contributed by atoms with Crippen LogP contribution >= 0.6 is 0 Å². The molecule has 0 saturated carbocycles. The fourth-order valence-corrected chi connectivity index (χ4v) is 2.05. The van der Waals surface area contributed by atoms with E-state index in [1.807, 2.05) is 25.4 Å². The van der Waals surface area contributed by atoms with Gasteiger partial charge in [-0.15, -0.1) is 0 Å². The summed E-state index contributed by atoms with van der Waals surface area (Å²) < 4.78 is 5.38. The summed E-state index contributed by atoms with van der Waals surface area (Å²) in [4.78, 5) is 4.04. The molecule has 17 heavy (non-hydrogen) atoms. The van der Waals surface area contributed by atoms with Gasteiger partial charge in [0.15, 0.2) is 0 Å². The van der Waals surface area contributed by atoms with E-state index in [9.17, 15) is 0 Å². The molecule has 3 nitrogen and oxygen atoms in total. The molecule has 1 N–H and O–H groups in total. The Morgan fingerprint density at radius 1 is 1.29 bits per heavy atom.